The number of carbonyl (C=O) groups is 1. The maximum atomic E-state index is 10.6. The molecule has 0 aliphatic heterocycles. The molecule has 13 heavy (non-hydrogen) atoms. The van der Waals surface area contributed by atoms with E-state index in [9.17, 15) is 4.79 Å². The number of carboxylic acid groups (broad SMARTS) is 1. The zero-order valence-electron chi connectivity index (χ0n) is 6.64. The van der Waals surface area contributed by atoms with E-state index in [-0.39, 0.29) is 11.8 Å². The lowest BCUT2D eigenvalue weighted by atomic mass is 10.2. The second kappa shape index (κ2) is 3.06. The standard InChI is InChI=1S/C8H7BrN2O2/c9-7-3-10-6(2-11-7)4-1-5(4)8(12)13/h2-5H,1H2,(H,12,13). The van der Waals surface area contributed by atoms with Crippen molar-refractivity contribution in [2.45, 2.75) is 12.3 Å². The van der Waals surface area contributed by atoms with Crippen molar-refractivity contribution in [2.24, 2.45) is 5.92 Å². The van der Waals surface area contributed by atoms with Crippen LogP contribution in [0, 0.1) is 5.92 Å². The predicted molar refractivity (Wildman–Crippen MR) is 48.2 cm³/mol. The van der Waals surface area contributed by atoms with E-state index in [4.69, 9.17) is 5.11 Å². The maximum absolute atomic E-state index is 10.6. The summed E-state index contributed by atoms with van der Waals surface area (Å²) in [6.07, 6.45) is 3.90. The molecule has 0 radical (unpaired) electrons. The van der Waals surface area contributed by atoms with Gasteiger partial charge in [0.1, 0.15) is 4.60 Å². The highest BCUT2D eigenvalue weighted by Gasteiger charge is 2.45. The molecule has 2 unspecified atom stereocenters. The SMILES string of the molecule is O=C(O)C1CC1c1cnc(Br)cn1. The summed E-state index contributed by atoms with van der Waals surface area (Å²) in [5.41, 5.74) is 0.774. The second-order valence-electron chi connectivity index (χ2n) is 3.05. The van der Waals surface area contributed by atoms with E-state index < -0.39 is 5.97 Å². The Morgan fingerprint density at radius 1 is 1.54 bits per heavy atom. The molecule has 0 spiro atoms. The number of hydrogen-bond acceptors (Lipinski definition) is 3. The van der Waals surface area contributed by atoms with Gasteiger partial charge < -0.3 is 5.11 Å². The number of carboxylic acids is 1. The molecule has 5 heteroatoms. The van der Waals surface area contributed by atoms with E-state index >= 15 is 0 Å². The van der Waals surface area contributed by atoms with E-state index in [0.29, 0.717) is 11.0 Å². The second-order valence-corrected chi connectivity index (χ2v) is 3.86. The third kappa shape index (κ3) is 1.70. The number of halogens is 1. The molecule has 0 bridgehead atoms. The molecule has 1 fully saturated rings. The zero-order valence-corrected chi connectivity index (χ0v) is 8.23. The lowest BCUT2D eigenvalue weighted by molar-refractivity contribution is -0.138. The highest BCUT2D eigenvalue weighted by atomic mass is 79.9. The van der Waals surface area contributed by atoms with E-state index in [1.807, 2.05) is 0 Å². The molecule has 1 aliphatic carbocycles. The molecule has 68 valence electrons. The predicted octanol–water partition coefficient (Wildman–Crippen LogP) is 1.43. The molecule has 1 saturated carbocycles. The smallest absolute Gasteiger partial charge is 0.307 e. The maximum Gasteiger partial charge on any atom is 0.307 e. The Kier molecular flexibility index (Phi) is 2.03. The minimum absolute atomic E-state index is 0.0677. The first-order valence-corrected chi connectivity index (χ1v) is 4.68. The Balaban J connectivity index is 2.12. The van der Waals surface area contributed by atoms with Gasteiger partial charge in [-0.3, -0.25) is 9.78 Å². The van der Waals surface area contributed by atoms with Crippen molar-refractivity contribution in [2.75, 3.05) is 0 Å². The monoisotopic (exact) mass is 242 g/mol. The van der Waals surface area contributed by atoms with Gasteiger partial charge in [-0.05, 0) is 22.4 Å². The number of aromatic nitrogens is 2. The molecule has 1 aromatic heterocycles. The Hall–Kier alpha value is -0.970. The van der Waals surface area contributed by atoms with Gasteiger partial charge in [-0.2, -0.15) is 0 Å². The quantitative estimate of drug-likeness (QED) is 0.853. The zero-order chi connectivity index (χ0) is 9.42. The molecule has 1 aromatic rings. The van der Waals surface area contributed by atoms with Crippen LogP contribution in [0.2, 0.25) is 0 Å². The first kappa shape index (κ1) is 8.62. The van der Waals surface area contributed by atoms with Gasteiger partial charge in [0.25, 0.3) is 0 Å². The van der Waals surface area contributed by atoms with Gasteiger partial charge in [0.05, 0.1) is 24.0 Å². The Bertz CT molecular complexity index is 339. The van der Waals surface area contributed by atoms with Gasteiger partial charge in [0, 0.05) is 5.92 Å². The molecular formula is C8H7BrN2O2. The van der Waals surface area contributed by atoms with E-state index in [1.54, 1.807) is 12.4 Å². The van der Waals surface area contributed by atoms with Crippen LogP contribution in [0.3, 0.4) is 0 Å². The summed E-state index contributed by atoms with van der Waals surface area (Å²) in [6, 6.07) is 0. The molecule has 1 N–H and O–H groups in total. The topological polar surface area (TPSA) is 63.1 Å². The first-order chi connectivity index (χ1) is 6.18. The highest BCUT2D eigenvalue weighted by molar-refractivity contribution is 9.10. The van der Waals surface area contributed by atoms with Crippen LogP contribution in [0.25, 0.3) is 0 Å². The van der Waals surface area contributed by atoms with Crippen LogP contribution in [0.1, 0.15) is 18.0 Å². The molecule has 2 atom stereocenters. The van der Waals surface area contributed by atoms with Crippen LogP contribution in [0.4, 0.5) is 0 Å². The Labute approximate surface area is 83.1 Å². The molecule has 2 rings (SSSR count). The summed E-state index contributed by atoms with van der Waals surface area (Å²) in [6.45, 7) is 0. The van der Waals surface area contributed by atoms with Gasteiger partial charge >= 0.3 is 5.97 Å². The number of aliphatic carboxylic acids is 1. The third-order valence-corrected chi connectivity index (χ3v) is 2.54. The molecule has 1 heterocycles. The summed E-state index contributed by atoms with van der Waals surface area (Å²) < 4.78 is 0.670. The van der Waals surface area contributed by atoms with Gasteiger partial charge in [-0.1, -0.05) is 0 Å². The Morgan fingerprint density at radius 3 is 2.77 bits per heavy atom. The fraction of sp³-hybridized carbons (Fsp3) is 0.375. The summed E-state index contributed by atoms with van der Waals surface area (Å²) in [5.74, 6) is -0.928. The van der Waals surface area contributed by atoms with Crippen LogP contribution in [0.15, 0.2) is 17.0 Å². The van der Waals surface area contributed by atoms with Crippen LogP contribution in [0.5, 0.6) is 0 Å². The summed E-state index contributed by atoms with van der Waals surface area (Å²) in [4.78, 5) is 18.7. The third-order valence-electron chi connectivity index (χ3n) is 2.13. The van der Waals surface area contributed by atoms with Gasteiger partial charge in [0.2, 0.25) is 0 Å². The largest absolute Gasteiger partial charge is 0.481 e. The van der Waals surface area contributed by atoms with E-state index in [2.05, 4.69) is 25.9 Å². The van der Waals surface area contributed by atoms with Crippen molar-refractivity contribution in [3.05, 3.63) is 22.7 Å². The lowest BCUT2D eigenvalue weighted by Crippen LogP contribution is -2.00. The van der Waals surface area contributed by atoms with Gasteiger partial charge in [0.15, 0.2) is 0 Å². The number of nitrogens with zero attached hydrogens (tertiary/aromatic N) is 2. The average molecular weight is 243 g/mol. The molecule has 0 amide bonds. The number of rotatable bonds is 2. The van der Waals surface area contributed by atoms with Crippen molar-refractivity contribution < 1.29 is 9.90 Å². The molecular weight excluding hydrogens is 236 g/mol. The summed E-state index contributed by atoms with van der Waals surface area (Å²) >= 11 is 3.17. The molecule has 1 aliphatic rings. The van der Waals surface area contributed by atoms with Gasteiger partial charge in [-0.25, -0.2) is 4.98 Å². The van der Waals surface area contributed by atoms with E-state index in [0.717, 1.165) is 5.69 Å². The number of hydrogen-bond donors (Lipinski definition) is 1. The first-order valence-electron chi connectivity index (χ1n) is 3.88. The van der Waals surface area contributed by atoms with Gasteiger partial charge in [-0.15, -0.1) is 0 Å². The van der Waals surface area contributed by atoms with E-state index in [1.165, 1.54) is 0 Å². The van der Waals surface area contributed by atoms with Crippen LogP contribution in [-0.4, -0.2) is 21.0 Å². The highest BCUT2D eigenvalue weighted by Crippen LogP contribution is 2.46. The van der Waals surface area contributed by atoms with Crippen LogP contribution >= 0.6 is 15.9 Å². The van der Waals surface area contributed by atoms with Crippen molar-refractivity contribution in [1.82, 2.24) is 9.97 Å². The Morgan fingerprint density at radius 2 is 2.31 bits per heavy atom. The summed E-state index contributed by atoms with van der Waals surface area (Å²) in [7, 11) is 0. The normalized spacial score (nSPS) is 25.6. The fourth-order valence-electron chi connectivity index (χ4n) is 1.31. The van der Waals surface area contributed by atoms with Crippen LogP contribution < -0.4 is 0 Å². The molecule has 0 saturated heterocycles. The average Bonchev–Trinajstić information content (AvgIpc) is 2.85. The minimum Gasteiger partial charge on any atom is -0.481 e. The van der Waals surface area contributed by atoms with Crippen molar-refractivity contribution in [3.8, 4) is 0 Å². The van der Waals surface area contributed by atoms with Crippen molar-refractivity contribution >= 4 is 21.9 Å². The summed E-state index contributed by atoms with van der Waals surface area (Å²) in [5, 5.41) is 8.68. The molecule has 0 aromatic carbocycles. The fourth-order valence-corrected chi connectivity index (χ4v) is 1.51. The lowest BCUT2D eigenvalue weighted by Gasteiger charge is -1.95. The van der Waals surface area contributed by atoms with Crippen LogP contribution in [-0.2, 0) is 4.79 Å². The minimum atomic E-state index is -0.741. The molecule has 4 nitrogen and oxygen atoms in total. The van der Waals surface area contributed by atoms with Crippen molar-refractivity contribution in [1.29, 1.82) is 0 Å². The van der Waals surface area contributed by atoms with Crippen molar-refractivity contribution in [3.63, 3.8) is 0 Å².